The van der Waals surface area contributed by atoms with Crippen LogP contribution in [0.2, 0.25) is 10.0 Å². The number of nitrogens with zero attached hydrogens (tertiary/aromatic N) is 3. The molecule has 1 N–H and O–H groups in total. The molecule has 0 saturated heterocycles. The molecule has 0 aliphatic rings. The van der Waals surface area contributed by atoms with Gasteiger partial charge in [0.25, 0.3) is 5.78 Å². The van der Waals surface area contributed by atoms with Gasteiger partial charge < -0.3 is 9.61 Å². The first-order chi connectivity index (χ1) is 14.8. The monoisotopic (exact) mass is 457 g/mol. The fourth-order valence-electron chi connectivity index (χ4n) is 3.24. The number of halogens is 3. The summed E-state index contributed by atoms with van der Waals surface area (Å²) in [6, 6.07) is 13.0. The minimum Gasteiger partial charge on any atom is -0.429 e. The maximum absolute atomic E-state index is 13.2. The molecular formula is C22H14Cl2FN3O3. The van der Waals surface area contributed by atoms with Crippen LogP contribution < -0.4 is 5.36 Å². The summed E-state index contributed by atoms with van der Waals surface area (Å²) >= 11 is 12.0. The lowest BCUT2D eigenvalue weighted by atomic mass is 10.1. The number of aromatic nitrogens is 2. The summed E-state index contributed by atoms with van der Waals surface area (Å²) in [5.74, 6) is -2.24. The Bertz CT molecular complexity index is 1370. The lowest BCUT2D eigenvalue weighted by molar-refractivity contribution is -0.114. The molecule has 0 unspecified atom stereocenters. The number of pyridine rings is 2. The number of ketones is 1. The van der Waals surface area contributed by atoms with Crippen LogP contribution in [-0.2, 0) is 11.2 Å². The van der Waals surface area contributed by atoms with Gasteiger partial charge in [0.05, 0.1) is 28.1 Å². The number of benzene rings is 1. The average molecular weight is 458 g/mol. The lowest BCUT2D eigenvalue weighted by Gasteiger charge is -2.02. The van der Waals surface area contributed by atoms with Gasteiger partial charge >= 0.3 is 5.91 Å². The van der Waals surface area contributed by atoms with Gasteiger partial charge in [0.2, 0.25) is 0 Å². The number of Topliss-reactive ketones (excluding diaryl/α,β-unsaturated/α-hetero) is 1. The van der Waals surface area contributed by atoms with Gasteiger partial charge in [-0.05, 0) is 47.9 Å². The molecule has 0 fully saturated rings. The Morgan fingerprint density at radius 3 is 2.39 bits per heavy atom. The van der Waals surface area contributed by atoms with Crippen molar-refractivity contribution in [3.05, 3.63) is 105 Å². The van der Waals surface area contributed by atoms with Crippen LogP contribution in [0.25, 0.3) is 5.52 Å². The Morgan fingerprint density at radius 2 is 1.71 bits per heavy atom. The zero-order valence-electron chi connectivity index (χ0n) is 15.8. The van der Waals surface area contributed by atoms with E-state index in [1.807, 2.05) is 12.1 Å². The van der Waals surface area contributed by atoms with E-state index in [0.29, 0.717) is 11.2 Å². The van der Waals surface area contributed by atoms with Gasteiger partial charge in [0, 0.05) is 11.7 Å². The minimum atomic E-state index is -1.06. The largest absolute Gasteiger partial charge is 0.429 e. The SMILES string of the molecule is O=C(N=c1c(Cl)cn(O)cc1Cl)C(=O)c1cc(Cc2ccc(F)cc2)c2ccccn12. The van der Waals surface area contributed by atoms with Crippen LogP contribution in [0.1, 0.15) is 21.6 Å². The van der Waals surface area contributed by atoms with Crippen molar-refractivity contribution in [2.24, 2.45) is 4.99 Å². The molecule has 0 bridgehead atoms. The number of carbonyl (C=O) groups excluding carboxylic acids is 2. The molecule has 9 heteroatoms. The summed E-state index contributed by atoms with van der Waals surface area (Å²) in [5.41, 5.74) is 2.51. The summed E-state index contributed by atoms with van der Waals surface area (Å²) in [6.45, 7) is 0. The second-order valence-electron chi connectivity index (χ2n) is 6.74. The van der Waals surface area contributed by atoms with Gasteiger partial charge in [-0.15, -0.1) is 0 Å². The quantitative estimate of drug-likeness (QED) is 0.281. The molecule has 156 valence electrons. The van der Waals surface area contributed by atoms with E-state index in [4.69, 9.17) is 23.2 Å². The van der Waals surface area contributed by atoms with Crippen LogP contribution in [-0.4, -0.2) is 26.0 Å². The lowest BCUT2D eigenvalue weighted by Crippen LogP contribution is -2.19. The van der Waals surface area contributed by atoms with E-state index in [2.05, 4.69) is 4.99 Å². The van der Waals surface area contributed by atoms with Crippen LogP contribution in [0.3, 0.4) is 0 Å². The number of carbonyl (C=O) groups is 2. The van der Waals surface area contributed by atoms with Crippen molar-refractivity contribution in [2.45, 2.75) is 6.42 Å². The van der Waals surface area contributed by atoms with Gasteiger partial charge in [0.15, 0.2) is 0 Å². The Morgan fingerprint density at radius 1 is 1.03 bits per heavy atom. The Kier molecular flexibility index (Phi) is 5.63. The van der Waals surface area contributed by atoms with Crippen molar-refractivity contribution in [2.75, 3.05) is 0 Å². The molecule has 0 spiro atoms. The van der Waals surface area contributed by atoms with Crippen LogP contribution in [0, 0.1) is 5.82 Å². The van der Waals surface area contributed by atoms with Gasteiger partial charge in [-0.25, -0.2) is 9.38 Å². The molecule has 4 aromatic rings. The number of rotatable bonds is 4. The van der Waals surface area contributed by atoms with Crippen LogP contribution in [0.5, 0.6) is 0 Å². The summed E-state index contributed by atoms with van der Waals surface area (Å²) in [6.07, 6.45) is 4.30. The van der Waals surface area contributed by atoms with Crippen molar-refractivity contribution in [1.29, 1.82) is 0 Å². The molecule has 3 heterocycles. The van der Waals surface area contributed by atoms with Crippen molar-refractivity contribution < 1.29 is 19.2 Å². The van der Waals surface area contributed by atoms with E-state index in [0.717, 1.165) is 29.0 Å². The van der Waals surface area contributed by atoms with Gasteiger partial charge in [-0.3, -0.25) is 9.59 Å². The smallest absolute Gasteiger partial charge is 0.320 e. The first-order valence-electron chi connectivity index (χ1n) is 9.07. The highest BCUT2D eigenvalue weighted by Crippen LogP contribution is 2.21. The second-order valence-corrected chi connectivity index (χ2v) is 7.56. The van der Waals surface area contributed by atoms with E-state index >= 15 is 0 Å². The summed E-state index contributed by atoms with van der Waals surface area (Å²) in [4.78, 5) is 29.3. The Hall–Kier alpha value is -3.42. The number of amides is 1. The second kappa shape index (κ2) is 8.37. The highest BCUT2D eigenvalue weighted by Gasteiger charge is 2.22. The molecule has 0 saturated carbocycles. The molecule has 0 aliphatic heterocycles. The maximum Gasteiger partial charge on any atom is 0.320 e. The number of fused-ring (bicyclic) bond motifs is 1. The zero-order valence-corrected chi connectivity index (χ0v) is 17.3. The molecule has 6 nitrogen and oxygen atoms in total. The van der Waals surface area contributed by atoms with Crippen LogP contribution in [0.4, 0.5) is 4.39 Å². The van der Waals surface area contributed by atoms with Crippen LogP contribution >= 0.6 is 23.2 Å². The first kappa shape index (κ1) is 20.8. The molecule has 1 amide bonds. The Balaban J connectivity index is 1.74. The van der Waals surface area contributed by atoms with E-state index in [9.17, 15) is 19.2 Å². The van der Waals surface area contributed by atoms with Crippen LogP contribution in [0.15, 0.2) is 72.1 Å². The van der Waals surface area contributed by atoms with E-state index < -0.39 is 11.7 Å². The molecule has 0 atom stereocenters. The molecule has 3 aromatic heterocycles. The normalized spacial score (nSPS) is 10.9. The van der Waals surface area contributed by atoms with Crippen molar-refractivity contribution in [1.82, 2.24) is 9.13 Å². The highest BCUT2D eigenvalue weighted by molar-refractivity contribution is 6.43. The number of hydrogen-bond donors (Lipinski definition) is 1. The zero-order chi connectivity index (χ0) is 22.1. The third kappa shape index (κ3) is 4.23. The highest BCUT2D eigenvalue weighted by atomic mass is 35.5. The summed E-state index contributed by atoms with van der Waals surface area (Å²) in [5, 5.41) is 9.14. The first-order valence-corrected chi connectivity index (χ1v) is 9.82. The topological polar surface area (TPSA) is 76.1 Å². The molecule has 4 rings (SSSR count). The molecule has 1 aromatic carbocycles. The van der Waals surface area contributed by atoms with Gasteiger partial charge in [-0.1, -0.05) is 41.4 Å². The van der Waals surface area contributed by atoms with Crippen molar-refractivity contribution in [3.8, 4) is 0 Å². The van der Waals surface area contributed by atoms with E-state index in [1.165, 1.54) is 12.1 Å². The van der Waals surface area contributed by atoms with Crippen molar-refractivity contribution >= 4 is 40.4 Å². The average Bonchev–Trinajstić information content (AvgIpc) is 3.10. The molecular weight excluding hydrogens is 444 g/mol. The molecule has 0 radical (unpaired) electrons. The molecule has 31 heavy (non-hydrogen) atoms. The van der Waals surface area contributed by atoms with E-state index in [-0.39, 0.29) is 26.9 Å². The predicted molar refractivity (Wildman–Crippen MR) is 113 cm³/mol. The fraction of sp³-hybridized carbons (Fsp3) is 0.0455. The van der Waals surface area contributed by atoms with Gasteiger partial charge in [-0.2, -0.15) is 4.73 Å². The third-order valence-electron chi connectivity index (χ3n) is 4.65. The standard InChI is InChI=1S/C22H14Cl2FN3O3/c23-16-11-27(31)12-17(24)20(16)26-22(30)21(29)19-10-14(18-3-1-2-8-28(18)19)9-13-4-6-15(25)7-5-13/h1-8,10-12,31H,9H2. The third-order valence-corrected chi connectivity index (χ3v) is 5.20. The fourth-order valence-corrected chi connectivity index (χ4v) is 3.77. The maximum atomic E-state index is 13.2. The van der Waals surface area contributed by atoms with Crippen molar-refractivity contribution in [3.63, 3.8) is 0 Å². The predicted octanol–water partition coefficient (Wildman–Crippen LogP) is 4.33. The number of hydrogen-bond acceptors (Lipinski definition) is 3. The Labute approximate surface area is 185 Å². The summed E-state index contributed by atoms with van der Waals surface area (Å²) < 4.78 is 15.4. The van der Waals surface area contributed by atoms with E-state index in [1.54, 1.807) is 34.9 Å². The molecule has 0 aliphatic carbocycles. The summed E-state index contributed by atoms with van der Waals surface area (Å²) in [7, 11) is 0. The van der Waals surface area contributed by atoms with Gasteiger partial charge in [0.1, 0.15) is 11.2 Å². The minimum absolute atomic E-state index is 0.0897.